The Balaban J connectivity index is 0. The molecule has 26 heavy (non-hydrogen) atoms. The Morgan fingerprint density at radius 2 is 1.46 bits per heavy atom. The number of aryl methyl sites for hydroxylation is 1. The molecule has 6 N–H and O–H groups in total. The summed E-state index contributed by atoms with van der Waals surface area (Å²) in [6, 6.07) is 10.1. The van der Waals surface area contributed by atoms with E-state index in [-0.39, 0.29) is 46.8 Å². The molecule has 0 aromatic heterocycles. The zero-order chi connectivity index (χ0) is 19.6. The van der Waals surface area contributed by atoms with Gasteiger partial charge in [-0.05, 0) is 55.0 Å². The van der Waals surface area contributed by atoms with E-state index in [0.717, 1.165) is 0 Å². The summed E-state index contributed by atoms with van der Waals surface area (Å²) in [5.41, 5.74) is 6.46. The zero-order valence-corrected chi connectivity index (χ0v) is 17.4. The predicted octanol–water partition coefficient (Wildman–Crippen LogP) is -1.80. The fourth-order valence-corrected chi connectivity index (χ4v) is 1.75. The number of nitrogen functional groups attached to an aromatic ring is 1. The summed E-state index contributed by atoms with van der Waals surface area (Å²) in [6.07, 6.45) is 0. The van der Waals surface area contributed by atoms with Crippen molar-refractivity contribution in [2.75, 3.05) is 5.73 Å². The third kappa shape index (κ3) is 14.9. The van der Waals surface area contributed by atoms with Crippen molar-refractivity contribution in [1.82, 2.24) is 0 Å². The first-order valence-corrected chi connectivity index (χ1v) is 8.59. The molecule has 2 aromatic rings. The Morgan fingerprint density at radius 1 is 1.08 bits per heavy atom. The molecule has 13 heteroatoms. The van der Waals surface area contributed by atoms with Crippen molar-refractivity contribution in [3.63, 3.8) is 0 Å². The number of phenolic OH excluding ortho intramolecular Hbond substituents is 2. The quantitative estimate of drug-likeness (QED) is 0.122. The molecule has 2 aromatic carbocycles. The van der Waals surface area contributed by atoms with Gasteiger partial charge in [-0.25, -0.2) is 4.21 Å². The van der Waals surface area contributed by atoms with E-state index in [1.165, 1.54) is 36.4 Å². The number of aromatic hydroxyl groups is 2. The van der Waals surface area contributed by atoms with E-state index in [1.807, 2.05) is 0 Å². The fourth-order valence-electron chi connectivity index (χ4n) is 1.33. The van der Waals surface area contributed by atoms with Gasteiger partial charge in [-0.1, -0.05) is 0 Å². The van der Waals surface area contributed by atoms with Crippen molar-refractivity contribution in [3.8, 4) is 17.2 Å². The number of benzene rings is 2. The summed E-state index contributed by atoms with van der Waals surface area (Å²) in [7, 11) is -4.45. The minimum atomic E-state index is -4.45. The van der Waals surface area contributed by atoms with E-state index in [2.05, 4.69) is 4.18 Å². The van der Waals surface area contributed by atoms with Crippen LogP contribution in [0.15, 0.2) is 42.5 Å². The molecule has 1 unspecified atom stereocenters. The Kier molecular flexibility index (Phi) is 13.3. The molecule has 0 fully saturated rings. The smallest absolute Gasteiger partial charge is 0.750 e. The molecule has 10 nitrogen and oxygen atoms in total. The van der Waals surface area contributed by atoms with E-state index < -0.39 is 21.8 Å². The number of hydrogen-bond acceptors (Lipinski definition) is 8. The van der Waals surface area contributed by atoms with Crippen LogP contribution in [0, 0.1) is 6.92 Å². The molecule has 1 atom stereocenters. The van der Waals surface area contributed by atoms with Gasteiger partial charge in [0.15, 0.2) is 0 Å². The Bertz CT molecular complexity index is 773. The van der Waals surface area contributed by atoms with Crippen molar-refractivity contribution < 1.29 is 70.2 Å². The van der Waals surface area contributed by atoms with Crippen LogP contribution in [-0.2, 0) is 21.8 Å². The molecule has 2 rings (SSSR count). The van der Waals surface area contributed by atoms with Crippen molar-refractivity contribution in [2.24, 2.45) is 0 Å². The second kappa shape index (κ2) is 12.9. The maximum atomic E-state index is 10.3. The fraction of sp³-hybridized carbons (Fsp3) is 0.0769. The predicted molar refractivity (Wildman–Crippen MR) is 89.1 cm³/mol. The molecule has 0 aliphatic rings. The molecular weight excluding hydrogens is 401 g/mol. The first kappa shape index (κ1) is 26.8. The van der Waals surface area contributed by atoms with Gasteiger partial charge in [-0.15, -0.1) is 0 Å². The van der Waals surface area contributed by atoms with Gasteiger partial charge in [-0.3, -0.25) is 4.55 Å². The summed E-state index contributed by atoms with van der Waals surface area (Å²) in [6.45, 7) is 1.62. The first-order valence-electron chi connectivity index (χ1n) is 6.20. The van der Waals surface area contributed by atoms with Crippen molar-refractivity contribution in [3.05, 3.63) is 48.0 Å². The van der Waals surface area contributed by atoms with E-state index in [4.69, 9.17) is 33.8 Å². The van der Waals surface area contributed by atoms with Crippen LogP contribution in [0.1, 0.15) is 5.56 Å². The summed E-state index contributed by atoms with van der Waals surface area (Å²) < 4.78 is 57.4. The number of nitrogens with two attached hydrogens (primary N) is 1. The van der Waals surface area contributed by atoms with E-state index in [0.29, 0.717) is 11.3 Å². The zero-order valence-electron chi connectivity index (χ0n) is 13.8. The standard InChI is InChI=1S/C7H9NO4S.C6H6O2.Na.H2O3S/c1-5-4-6(8)2-3-7(5)12-13(9,10)11;7-5-1-2-6(8)4-3-5;;1-4(2)3/h2-4H,8H2,1H3,(H,9,10,11);1-4,7-8H;;(H2,1,2,3)/q;;+1;/p-1. The van der Waals surface area contributed by atoms with Crippen LogP contribution in [0.2, 0.25) is 0 Å². The van der Waals surface area contributed by atoms with Gasteiger partial charge in [0.05, 0.1) is 11.4 Å². The van der Waals surface area contributed by atoms with E-state index in [1.54, 1.807) is 13.0 Å². The third-order valence-corrected chi connectivity index (χ3v) is 2.63. The molecule has 0 radical (unpaired) electrons. The largest absolute Gasteiger partial charge is 1.00 e. The monoisotopic (exact) mass is 417 g/mol. The van der Waals surface area contributed by atoms with Gasteiger partial charge in [0.25, 0.3) is 0 Å². The minimum Gasteiger partial charge on any atom is -0.750 e. The topological polar surface area (TPSA) is 190 Å². The molecule has 0 aliphatic heterocycles. The molecule has 140 valence electrons. The summed E-state index contributed by atoms with van der Waals surface area (Å²) >= 11 is -2.86. The Hall–Kier alpha value is -1.38. The average molecular weight is 417 g/mol. The Labute approximate surface area is 175 Å². The van der Waals surface area contributed by atoms with Crippen LogP contribution in [-0.4, -0.2) is 36.5 Å². The summed E-state index contributed by atoms with van der Waals surface area (Å²) in [5, 5.41) is 17.3. The summed E-state index contributed by atoms with van der Waals surface area (Å²) in [4.78, 5) is 0. The van der Waals surface area contributed by atoms with Crippen molar-refractivity contribution in [1.29, 1.82) is 0 Å². The number of hydrogen-bond donors (Lipinski definition) is 5. The van der Waals surface area contributed by atoms with Crippen molar-refractivity contribution in [2.45, 2.75) is 6.92 Å². The Morgan fingerprint density at radius 3 is 1.77 bits per heavy atom. The van der Waals surface area contributed by atoms with Gasteiger partial charge in [0.2, 0.25) is 0 Å². The SMILES string of the molecule is Cc1cc(N)ccc1OS(=O)(=O)O.O=S([O-])O.Oc1ccc(O)cc1.[Na+]. The molecule has 0 saturated heterocycles. The molecule has 0 saturated carbocycles. The van der Waals surface area contributed by atoms with Gasteiger partial charge in [0.1, 0.15) is 17.2 Å². The number of anilines is 1. The average Bonchev–Trinajstić information content (AvgIpc) is 2.44. The van der Waals surface area contributed by atoms with Crippen LogP contribution >= 0.6 is 0 Å². The number of rotatable bonds is 2. The first-order chi connectivity index (χ1) is 11.4. The van der Waals surface area contributed by atoms with E-state index >= 15 is 0 Å². The number of phenols is 2. The van der Waals surface area contributed by atoms with Gasteiger partial charge in [0, 0.05) is 5.69 Å². The molecular formula is C13H16NNaO9S2. The van der Waals surface area contributed by atoms with Crippen LogP contribution in [0.3, 0.4) is 0 Å². The van der Waals surface area contributed by atoms with Crippen LogP contribution in [0.4, 0.5) is 5.69 Å². The van der Waals surface area contributed by atoms with Gasteiger partial charge >= 0.3 is 40.0 Å². The van der Waals surface area contributed by atoms with Crippen LogP contribution in [0.5, 0.6) is 17.2 Å². The molecule has 0 heterocycles. The van der Waals surface area contributed by atoms with Crippen molar-refractivity contribution >= 4 is 27.4 Å². The van der Waals surface area contributed by atoms with Gasteiger partial charge in [-0.2, -0.15) is 8.42 Å². The molecule has 0 aliphatic carbocycles. The summed E-state index contributed by atoms with van der Waals surface area (Å²) in [5.74, 6) is 0.405. The van der Waals surface area contributed by atoms with Crippen LogP contribution < -0.4 is 39.5 Å². The molecule has 0 bridgehead atoms. The maximum absolute atomic E-state index is 10.3. The van der Waals surface area contributed by atoms with Crippen LogP contribution in [0.25, 0.3) is 0 Å². The molecule has 0 amide bonds. The third-order valence-electron chi connectivity index (χ3n) is 2.24. The second-order valence-electron chi connectivity index (χ2n) is 4.27. The normalized spacial score (nSPS) is 10.8. The molecule has 0 spiro atoms. The minimum absolute atomic E-state index is 0. The van der Waals surface area contributed by atoms with Gasteiger partial charge < -0.3 is 29.2 Å². The van der Waals surface area contributed by atoms with E-state index in [9.17, 15) is 8.42 Å². The maximum Gasteiger partial charge on any atom is 1.00 e. The second-order valence-corrected chi connectivity index (χ2v) is 5.73.